The highest BCUT2D eigenvalue weighted by atomic mass is 35.5. The van der Waals surface area contributed by atoms with Gasteiger partial charge in [-0.25, -0.2) is 9.18 Å². The first-order valence-corrected chi connectivity index (χ1v) is 5.57. The van der Waals surface area contributed by atoms with Gasteiger partial charge in [-0.15, -0.1) is 0 Å². The van der Waals surface area contributed by atoms with Crippen molar-refractivity contribution in [3.8, 4) is 0 Å². The number of aromatic carboxylic acids is 1. The number of carbonyl (C=O) groups is 1. The largest absolute Gasteiger partial charge is 0.478 e. The molecule has 0 amide bonds. The average molecular weight is 261 g/mol. The van der Waals surface area contributed by atoms with Gasteiger partial charge in [0, 0.05) is 5.56 Å². The van der Waals surface area contributed by atoms with Gasteiger partial charge >= 0.3 is 5.97 Å². The van der Waals surface area contributed by atoms with Crippen LogP contribution in [0.5, 0.6) is 0 Å². The Hall–Kier alpha value is -1.000. The van der Waals surface area contributed by atoms with E-state index in [1.807, 2.05) is 0 Å². The zero-order chi connectivity index (χ0) is 12.1. The summed E-state index contributed by atoms with van der Waals surface area (Å²) in [6.45, 7) is 0. The van der Waals surface area contributed by atoms with Crippen LogP contribution in [0.2, 0.25) is 5.02 Å². The van der Waals surface area contributed by atoms with Gasteiger partial charge in [-0.3, -0.25) is 0 Å². The molecule has 0 bridgehead atoms. The molecule has 86 valence electrons. The summed E-state index contributed by atoms with van der Waals surface area (Å²) in [4.78, 5) is 10.7. The van der Waals surface area contributed by atoms with Crippen molar-refractivity contribution in [2.24, 2.45) is 0 Å². The van der Waals surface area contributed by atoms with E-state index in [2.05, 4.69) is 12.6 Å². The fraction of sp³-hybridized carbons (Fsp3) is 0.182. The Balaban J connectivity index is 3.05. The Morgan fingerprint density at radius 3 is 2.81 bits per heavy atom. The second-order valence-corrected chi connectivity index (χ2v) is 3.93. The Morgan fingerprint density at radius 1 is 1.56 bits per heavy atom. The summed E-state index contributed by atoms with van der Waals surface area (Å²) >= 11 is 9.72. The van der Waals surface area contributed by atoms with Crippen LogP contribution in [0.4, 0.5) is 4.39 Å². The van der Waals surface area contributed by atoms with Crippen LogP contribution in [-0.2, 0) is 0 Å². The number of carboxylic acid groups (broad SMARTS) is 1. The minimum absolute atomic E-state index is 0.0272. The highest BCUT2D eigenvalue weighted by molar-refractivity contribution is 7.80. The van der Waals surface area contributed by atoms with E-state index in [0.29, 0.717) is 12.2 Å². The van der Waals surface area contributed by atoms with Gasteiger partial charge < -0.3 is 5.11 Å². The molecule has 0 saturated carbocycles. The zero-order valence-corrected chi connectivity index (χ0v) is 9.93. The second kappa shape index (κ2) is 5.92. The molecule has 5 heteroatoms. The molecule has 0 heterocycles. The van der Waals surface area contributed by atoms with Gasteiger partial charge in [0.1, 0.15) is 5.82 Å². The molecular weight excluding hydrogens is 251 g/mol. The first-order valence-electron chi connectivity index (χ1n) is 4.56. The van der Waals surface area contributed by atoms with Crippen molar-refractivity contribution in [3.05, 3.63) is 40.2 Å². The molecule has 0 aliphatic rings. The molecular formula is C11H10ClFO2S. The summed E-state index contributed by atoms with van der Waals surface area (Å²) < 4.78 is 13.4. The molecule has 0 aliphatic carbocycles. The molecule has 1 N–H and O–H groups in total. The SMILES string of the molecule is O=C(O)c1cc(F)c(C=CCCS)cc1Cl. The lowest BCUT2D eigenvalue weighted by Crippen LogP contribution is -1.99. The molecule has 0 fully saturated rings. The summed E-state index contributed by atoms with van der Waals surface area (Å²) in [6.07, 6.45) is 4.02. The van der Waals surface area contributed by atoms with Crippen molar-refractivity contribution in [2.45, 2.75) is 6.42 Å². The lowest BCUT2D eigenvalue weighted by molar-refractivity contribution is 0.0696. The molecule has 1 aromatic carbocycles. The van der Waals surface area contributed by atoms with E-state index >= 15 is 0 Å². The fourth-order valence-electron chi connectivity index (χ4n) is 1.14. The summed E-state index contributed by atoms with van der Waals surface area (Å²) in [5.41, 5.74) is 0.0438. The van der Waals surface area contributed by atoms with E-state index in [9.17, 15) is 9.18 Å². The van der Waals surface area contributed by atoms with Crippen LogP contribution in [0.25, 0.3) is 6.08 Å². The van der Waals surface area contributed by atoms with Gasteiger partial charge in [0.25, 0.3) is 0 Å². The van der Waals surface area contributed by atoms with Crippen LogP contribution in [-0.4, -0.2) is 16.8 Å². The van der Waals surface area contributed by atoms with Gasteiger partial charge in [0.2, 0.25) is 0 Å². The van der Waals surface area contributed by atoms with Crippen molar-refractivity contribution in [1.82, 2.24) is 0 Å². The maximum atomic E-state index is 13.4. The maximum Gasteiger partial charge on any atom is 0.337 e. The molecule has 1 aromatic rings. The number of thiol groups is 1. The molecule has 0 radical (unpaired) electrons. The molecule has 0 spiro atoms. The van der Waals surface area contributed by atoms with Gasteiger partial charge in [-0.05, 0) is 24.3 Å². The number of hydrogen-bond acceptors (Lipinski definition) is 2. The third-order valence-corrected chi connectivity index (χ3v) is 2.48. The van der Waals surface area contributed by atoms with E-state index in [-0.39, 0.29) is 16.1 Å². The monoisotopic (exact) mass is 260 g/mol. The van der Waals surface area contributed by atoms with Gasteiger partial charge in [-0.2, -0.15) is 12.6 Å². The lowest BCUT2D eigenvalue weighted by Gasteiger charge is -2.02. The van der Waals surface area contributed by atoms with Gasteiger partial charge in [-0.1, -0.05) is 23.8 Å². The number of carboxylic acids is 1. The quantitative estimate of drug-likeness (QED) is 0.813. The molecule has 0 atom stereocenters. The van der Waals surface area contributed by atoms with Crippen LogP contribution >= 0.6 is 24.2 Å². The minimum Gasteiger partial charge on any atom is -0.478 e. The van der Waals surface area contributed by atoms with E-state index in [1.165, 1.54) is 6.07 Å². The number of benzene rings is 1. The second-order valence-electron chi connectivity index (χ2n) is 3.07. The standard InChI is InChI=1S/C11H10ClFO2S/c12-9-5-7(3-1-2-4-16)10(13)6-8(9)11(14)15/h1,3,5-6,16H,2,4H2,(H,14,15). The third kappa shape index (κ3) is 3.25. The van der Waals surface area contributed by atoms with E-state index in [4.69, 9.17) is 16.7 Å². The third-order valence-electron chi connectivity index (χ3n) is 1.91. The summed E-state index contributed by atoms with van der Waals surface area (Å²) in [5.74, 6) is -1.18. The Kier molecular flexibility index (Phi) is 4.83. The Labute approximate surface area is 103 Å². The summed E-state index contributed by atoms with van der Waals surface area (Å²) in [7, 11) is 0. The van der Waals surface area contributed by atoms with Crippen molar-refractivity contribution < 1.29 is 14.3 Å². The smallest absolute Gasteiger partial charge is 0.337 e. The van der Waals surface area contributed by atoms with E-state index in [0.717, 1.165) is 6.07 Å². The first-order chi connectivity index (χ1) is 7.56. The molecule has 16 heavy (non-hydrogen) atoms. The molecule has 0 saturated heterocycles. The minimum atomic E-state index is -1.24. The topological polar surface area (TPSA) is 37.3 Å². The van der Waals surface area contributed by atoms with Crippen molar-refractivity contribution >= 4 is 36.3 Å². The van der Waals surface area contributed by atoms with Crippen LogP contribution in [0, 0.1) is 5.82 Å². The molecule has 0 unspecified atom stereocenters. The van der Waals surface area contributed by atoms with Gasteiger partial charge in [0.05, 0.1) is 10.6 Å². The summed E-state index contributed by atoms with van der Waals surface area (Å²) in [5, 5.41) is 8.74. The zero-order valence-electron chi connectivity index (χ0n) is 8.28. The van der Waals surface area contributed by atoms with Crippen molar-refractivity contribution in [1.29, 1.82) is 0 Å². The lowest BCUT2D eigenvalue weighted by atomic mass is 10.1. The van der Waals surface area contributed by atoms with Gasteiger partial charge in [0.15, 0.2) is 0 Å². The number of halogens is 2. The molecule has 1 rings (SSSR count). The number of hydrogen-bond donors (Lipinski definition) is 2. The predicted molar refractivity (Wildman–Crippen MR) is 65.9 cm³/mol. The highest BCUT2D eigenvalue weighted by Gasteiger charge is 2.12. The normalized spacial score (nSPS) is 10.9. The average Bonchev–Trinajstić information content (AvgIpc) is 2.22. The van der Waals surface area contributed by atoms with Crippen molar-refractivity contribution in [3.63, 3.8) is 0 Å². The highest BCUT2D eigenvalue weighted by Crippen LogP contribution is 2.22. The van der Waals surface area contributed by atoms with Crippen LogP contribution < -0.4 is 0 Å². The van der Waals surface area contributed by atoms with Crippen LogP contribution in [0.15, 0.2) is 18.2 Å². The fourth-order valence-corrected chi connectivity index (χ4v) is 1.54. The van der Waals surface area contributed by atoms with Crippen LogP contribution in [0.1, 0.15) is 22.3 Å². The molecule has 2 nitrogen and oxygen atoms in total. The molecule has 0 aromatic heterocycles. The predicted octanol–water partition coefficient (Wildman–Crippen LogP) is 3.51. The van der Waals surface area contributed by atoms with Crippen molar-refractivity contribution in [2.75, 3.05) is 5.75 Å². The Bertz CT molecular complexity index is 432. The van der Waals surface area contributed by atoms with E-state index in [1.54, 1.807) is 12.2 Å². The number of rotatable bonds is 4. The first kappa shape index (κ1) is 13.1. The molecule has 0 aliphatic heterocycles. The van der Waals surface area contributed by atoms with E-state index < -0.39 is 11.8 Å². The summed E-state index contributed by atoms with van der Waals surface area (Å²) in [6, 6.07) is 2.22. The number of allylic oxidation sites excluding steroid dienone is 1. The Morgan fingerprint density at radius 2 is 2.25 bits per heavy atom. The van der Waals surface area contributed by atoms with Crippen LogP contribution in [0.3, 0.4) is 0 Å². The maximum absolute atomic E-state index is 13.4.